The van der Waals surface area contributed by atoms with E-state index in [9.17, 15) is 4.79 Å². The fourth-order valence-corrected chi connectivity index (χ4v) is 4.13. The van der Waals surface area contributed by atoms with E-state index < -0.39 is 13.9 Å². The Morgan fingerprint density at radius 2 is 1.95 bits per heavy atom. The first-order chi connectivity index (χ1) is 10.2. The molecule has 0 amide bonds. The molecule has 2 nitrogen and oxygen atoms in total. The summed E-state index contributed by atoms with van der Waals surface area (Å²) < 4.78 is 6.58. The van der Waals surface area contributed by atoms with Crippen molar-refractivity contribution in [2.45, 2.75) is 70.2 Å². The molecule has 118 valence electrons. The molecule has 0 aliphatic heterocycles. The Morgan fingerprint density at radius 3 is 2.64 bits per heavy atom. The van der Waals surface area contributed by atoms with E-state index in [4.69, 9.17) is 4.43 Å². The summed E-state index contributed by atoms with van der Waals surface area (Å²) in [5, 5.41) is 0.0572. The Balaban J connectivity index is 2.43. The summed E-state index contributed by atoms with van der Waals surface area (Å²) in [5.41, 5.74) is -0.921. The van der Waals surface area contributed by atoms with Gasteiger partial charge in [-0.3, -0.25) is 4.79 Å². The van der Waals surface area contributed by atoms with Gasteiger partial charge < -0.3 is 4.43 Å². The molecule has 2 bridgehead atoms. The molecule has 22 heavy (non-hydrogen) atoms. The highest BCUT2D eigenvalue weighted by molar-refractivity contribution is 6.74. The minimum atomic E-state index is -2.07. The lowest BCUT2D eigenvalue weighted by Gasteiger charge is -2.45. The van der Waals surface area contributed by atoms with Crippen molar-refractivity contribution in [2.75, 3.05) is 0 Å². The van der Waals surface area contributed by atoms with E-state index in [1.807, 2.05) is 0 Å². The van der Waals surface area contributed by atoms with Crippen LogP contribution < -0.4 is 0 Å². The maximum atomic E-state index is 13.1. The SMILES string of the molecule is CC(C)(C)[Si](C)(C)OC12C#C/C=C/C#CCC(CCC1)C2=O. The van der Waals surface area contributed by atoms with Gasteiger partial charge in [-0.15, -0.1) is 0 Å². The Hall–Kier alpha value is -1.29. The second kappa shape index (κ2) is 6.07. The first kappa shape index (κ1) is 17.1. The molecule has 0 radical (unpaired) electrons. The van der Waals surface area contributed by atoms with Crippen molar-refractivity contribution < 1.29 is 9.22 Å². The number of ketones is 1. The summed E-state index contributed by atoms with van der Waals surface area (Å²) in [6.07, 6.45) is 6.70. The molecule has 2 atom stereocenters. The van der Waals surface area contributed by atoms with Gasteiger partial charge >= 0.3 is 0 Å². The molecule has 0 aromatic heterocycles. The normalized spacial score (nSPS) is 29.7. The first-order valence-electron chi connectivity index (χ1n) is 8.09. The second-order valence-corrected chi connectivity index (χ2v) is 12.5. The molecular formula is C19H26O2Si. The molecule has 2 aliphatic carbocycles. The highest BCUT2D eigenvalue weighted by atomic mass is 28.4. The highest BCUT2D eigenvalue weighted by Gasteiger charge is 2.51. The summed E-state index contributed by atoms with van der Waals surface area (Å²) in [4.78, 5) is 13.1. The molecule has 1 fully saturated rings. The minimum Gasteiger partial charge on any atom is -0.395 e. The third kappa shape index (κ3) is 3.37. The monoisotopic (exact) mass is 314 g/mol. The number of carbonyl (C=O) groups excluding carboxylic acids is 1. The number of allylic oxidation sites excluding steroid dienone is 2. The van der Waals surface area contributed by atoms with Gasteiger partial charge in [0.2, 0.25) is 0 Å². The van der Waals surface area contributed by atoms with E-state index in [-0.39, 0.29) is 16.7 Å². The maximum absolute atomic E-state index is 13.1. The number of carbonyl (C=O) groups is 1. The smallest absolute Gasteiger partial charge is 0.194 e. The highest BCUT2D eigenvalue weighted by Crippen LogP contribution is 2.43. The van der Waals surface area contributed by atoms with Crippen molar-refractivity contribution in [3.63, 3.8) is 0 Å². The summed E-state index contributed by atoms with van der Waals surface area (Å²) in [7, 11) is -2.07. The zero-order valence-corrected chi connectivity index (χ0v) is 15.4. The summed E-state index contributed by atoms with van der Waals surface area (Å²) in [6.45, 7) is 11.0. The predicted octanol–water partition coefficient (Wildman–Crippen LogP) is 4.08. The van der Waals surface area contributed by atoms with Gasteiger partial charge in [0.15, 0.2) is 19.7 Å². The fourth-order valence-electron chi connectivity index (χ4n) is 2.70. The van der Waals surface area contributed by atoms with Crippen molar-refractivity contribution in [2.24, 2.45) is 5.92 Å². The van der Waals surface area contributed by atoms with Crippen LogP contribution in [0.5, 0.6) is 0 Å². The molecule has 0 aromatic carbocycles. The zero-order valence-electron chi connectivity index (χ0n) is 14.4. The molecule has 3 heteroatoms. The van der Waals surface area contributed by atoms with Crippen LogP contribution in [0, 0.1) is 29.6 Å². The molecular weight excluding hydrogens is 288 g/mol. The van der Waals surface area contributed by atoms with Gasteiger partial charge in [0.1, 0.15) is 0 Å². The minimum absolute atomic E-state index is 0.0354. The molecule has 0 spiro atoms. The van der Waals surface area contributed by atoms with Gasteiger partial charge in [0, 0.05) is 12.3 Å². The van der Waals surface area contributed by atoms with Gasteiger partial charge in [0.05, 0.1) is 0 Å². The molecule has 2 rings (SSSR count). The Morgan fingerprint density at radius 1 is 1.27 bits per heavy atom. The van der Waals surface area contributed by atoms with E-state index in [1.54, 1.807) is 12.2 Å². The number of hydrogen-bond donors (Lipinski definition) is 0. The number of hydrogen-bond acceptors (Lipinski definition) is 2. The number of fused-ring (bicyclic) bond motifs is 2. The van der Waals surface area contributed by atoms with E-state index >= 15 is 0 Å². The quantitative estimate of drug-likeness (QED) is 0.567. The van der Waals surface area contributed by atoms with E-state index in [0.717, 1.165) is 12.8 Å². The predicted molar refractivity (Wildman–Crippen MR) is 92.7 cm³/mol. The Labute approximate surface area is 135 Å². The summed E-state index contributed by atoms with van der Waals surface area (Å²) >= 11 is 0. The molecule has 0 heterocycles. The lowest BCUT2D eigenvalue weighted by molar-refractivity contribution is -0.138. The van der Waals surface area contributed by atoms with Crippen molar-refractivity contribution in [1.82, 2.24) is 0 Å². The van der Waals surface area contributed by atoms with E-state index in [0.29, 0.717) is 12.8 Å². The van der Waals surface area contributed by atoms with E-state index in [1.165, 1.54) is 0 Å². The molecule has 1 saturated carbocycles. The van der Waals surface area contributed by atoms with Crippen LogP contribution in [0.3, 0.4) is 0 Å². The van der Waals surface area contributed by atoms with Gasteiger partial charge in [-0.25, -0.2) is 0 Å². The van der Waals surface area contributed by atoms with Crippen LogP contribution in [-0.4, -0.2) is 19.7 Å². The van der Waals surface area contributed by atoms with Crippen LogP contribution in [0.1, 0.15) is 46.5 Å². The number of Topliss-reactive ketones (excluding diaryl/α,β-unsaturated/α-hetero) is 1. The molecule has 0 saturated heterocycles. The maximum Gasteiger partial charge on any atom is 0.194 e. The Bertz CT molecular complexity index is 601. The van der Waals surface area contributed by atoms with Crippen molar-refractivity contribution >= 4 is 14.1 Å². The third-order valence-electron chi connectivity index (χ3n) is 5.06. The van der Waals surface area contributed by atoms with Gasteiger partial charge in [-0.2, -0.15) is 0 Å². The molecule has 2 unspecified atom stereocenters. The summed E-state index contributed by atoms with van der Waals surface area (Å²) in [6, 6.07) is 0. The molecule has 0 N–H and O–H groups in total. The van der Waals surface area contributed by atoms with Crippen LogP contribution >= 0.6 is 0 Å². The van der Waals surface area contributed by atoms with Gasteiger partial charge in [0.25, 0.3) is 0 Å². The van der Waals surface area contributed by atoms with Crippen molar-refractivity contribution in [3.8, 4) is 23.7 Å². The van der Waals surface area contributed by atoms with Crippen LogP contribution in [0.4, 0.5) is 0 Å². The lowest BCUT2D eigenvalue weighted by atomic mass is 9.76. The van der Waals surface area contributed by atoms with E-state index in [2.05, 4.69) is 57.5 Å². The Kier molecular flexibility index (Phi) is 4.71. The third-order valence-corrected chi connectivity index (χ3v) is 9.53. The molecule has 2 aliphatic rings. The average Bonchev–Trinajstić information content (AvgIpc) is 2.39. The van der Waals surface area contributed by atoms with Crippen molar-refractivity contribution in [3.05, 3.63) is 12.2 Å². The van der Waals surface area contributed by atoms with Gasteiger partial charge in [-0.05, 0) is 49.5 Å². The van der Waals surface area contributed by atoms with Crippen LogP contribution in [0.15, 0.2) is 12.2 Å². The topological polar surface area (TPSA) is 26.3 Å². The fraction of sp³-hybridized carbons (Fsp3) is 0.632. The summed E-state index contributed by atoms with van der Waals surface area (Å²) in [5.74, 6) is 12.3. The second-order valence-electron chi connectivity index (χ2n) is 7.77. The number of rotatable bonds is 2. The zero-order chi connectivity index (χ0) is 16.4. The average molecular weight is 315 g/mol. The van der Waals surface area contributed by atoms with Crippen LogP contribution in [0.2, 0.25) is 18.1 Å². The molecule has 0 aromatic rings. The van der Waals surface area contributed by atoms with Gasteiger partial charge in [-0.1, -0.05) is 44.5 Å². The van der Waals surface area contributed by atoms with Crippen LogP contribution in [-0.2, 0) is 9.22 Å². The van der Waals surface area contributed by atoms with Crippen molar-refractivity contribution in [1.29, 1.82) is 0 Å². The first-order valence-corrected chi connectivity index (χ1v) is 11.0. The largest absolute Gasteiger partial charge is 0.395 e. The lowest BCUT2D eigenvalue weighted by Crippen LogP contribution is -2.56. The van der Waals surface area contributed by atoms with Crippen LogP contribution in [0.25, 0.3) is 0 Å². The standard InChI is InChI=1S/C19H26O2Si/c1-18(2,3)22(4,5)21-19-14-10-8-6-7-9-12-16(17(19)20)13-11-15-19/h6,8,16H,11-13,15H2,1-5H3/b8-6+.